The fourth-order valence-electron chi connectivity index (χ4n) is 3.16. The molecule has 1 aliphatic rings. The van der Waals surface area contributed by atoms with Crippen LogP contribution >= 0.6 is 23.2 Å². The summed E-state index contributed by atoms with van der Waals surface area (Å²) in [5.41, 5.74) is 0.703. The summed E-state index contributed by atoms with van der Waals surface area (Å²) in [6.45, 7) is 2.85. The predicted molar refractivity (Wildman–Crippen MR) is 115 cm³/mol. The molecule has 10 heteroatoms. The number of nitrogens with zero attached hydrogens (tertiary/aromatic N) is 3. The van der Waals surface area contributed by atoms with E-state index in [4.69, 9.17) is 23.2 Å². The van der Waals surface area contributed by atoms with Crippen molar-refractivity contribution in [1.82, 2.24) is 14.9 Å². The Hall–Kier alpha value is -2.58. The lowest BCUT2D eigenvalue weighted by atomic mass is 10.1. The van der Waals surface area contributed by atoms with Crippen molar-refractivity contribution < 1.29 is 9.59 Å². The first-order valence-electron chi connectivity index (χ1n) is 9.23. The van der Waals surface area contributed by atoms with Crippen LogP contribution in [-0.2, 0) is 9.59 Å². The normalized spacial score (nSPS) is 16.2. The van der Waals surface area contributed by atoms with Gasteiger partial charge in [0.2, 0.25) is 11.8 Å². The van der Waals surface area contributed by atoms with Gasteiger partial charge in [0.1, 0.15) is 18.0 Å². The Morgan fingerprint density at radius 2 is 1.86 bits per heavy atom. The summed E-state index contributed by atoms with van der Waals surface area (Å²) < 4.78 is 0. The van der Waals surface area contributed by atoms with Crippen LogP contribution in [-0.4, -0.2) is 52.4 Å². The fraction of sp³-hybridized carbons (Fsp3) is 0.368. The number of hydrogen-bond acceptors (Lipinski definition) is 6. The van der Waals surface area contributed by atoms with Gasteiger partial charge in [-0.25, -0.2) is 9.97 Å². The molecule has 1 aliphatic heterocycles. The standard InChI is InChI=1S/C19H22Cl2N6O2/c1-12(28)25-17-8-18(24-11-23-17)26-15-3-2-4-27(10-15)19(29)9-22-16-6-13(20)5-14(21)7-16/h5-8,11,15,22H,2-4,9-10H2,1H3,(H2,23,24,25,26,28)/t15-/m0/s1. The van der Waals surface area contributed by atoms with E-state index in [1.54, 1.807) is 24.3 Å². The zero-order valence-electron chi connectivity index (χ0n) is 15.9. The van der Waals surface area contributed by atoms with Crippen LogP contribution in [0.3, 0.4) is 0 Å². The Morgan fingerprint density at radius 3 is 2.59 bits per heavy atom. The molecule has 0 bridgehead atoms. The van der Waals surface area contributed by atoms with Crippen molar-refractivity contribution in [2.24, 2.45) is 0 Å². The van der Waals surface area contributed by atoms with Crippen LogP contribution in [0.25, 0.3) is 0 Å². The third kappa shape index (κ3) is 6.47. The highest BCUT2D eigenvalue weighted by atomic mass is 35.5. The summed E-state index contributed by atoms with van der Waals surface area (Å²) in [5.74, 6) is 0.838. The number of carbonyl (C=O) groups excluding carboxylic acids is 2. The summed E-state index contributed by atoms with van der Waals surface area (Å²) in [6.07, 6.45) is 3.19. The van der Waals surface area contributed by atoms with E-state index in [2.05, 4.69) is 25.9 Å². The van der Waals surface area contributed by atoms with E-state index in [1.165, 1.54) is 13.3 Å². The summed E-state index contributed by atoms with van der Waals surface area (Å²) in [7, 11) is 0. The summed E-state index contributed by atoms with van der Waals surface area (Å²) in [4.78, 5) is 33.8. The second-order valence-electron chi connectivity index (χ2n) is 6.80. The van der Waals surface area contributed by atoms with Gasteiger partial charge in [0, 0.05) is 47.9 Å². The molecule has 3 rings (SSSR count). The number of aromatic nitrogens is 2. The monoisotopic (exact) mass is 436 g/mol. The first kappa shape index (κ1) is 21.1. The molecule has 1 aromatic heterocycles. The minimum Gasteiger partial charge on any atom is -0.376 e. The largest absolute Gasteiger partial charge is 0.376 e. The van der Waals surface area contributed by atoms with Gasteiger partial charge in [0.25, 0.3) is 0 Å². The Kier molecular flexibility index (Phi) is 7.11. The van der Waals surface area contributed by atoms with Crippen LogP contribution in [0.5, 0.6) is 0 Å². The lowest BCUT2D eigenvalue weighted by Gasteiger charge is -2.33. The van der Waals surface area contributed by atoms with E-state index < -0.39 is 0 Å². The number of benzene rings is 1. The first-order chi connectivity index (χ1) is 13.9. The third-order valence-electron chi connectivity index (χ3n) is 4.40. The maximum atomic E-state index is 12.6. The van der Waals surface area contributed by atoms with Gasteiger partial charge >= 0.3 is 0 Å². The maximum absolute atomic E-state index is 12.6. The highest BCUT2D eigenvalue weighted by Gasteiger charge is 2.23. The lowest BCUT2D eigenvalue weighted by Crippen LogP contribution is -2.47. The third-order valence-corrected chi connectivity index (χ3v) is 4.84. The molecular formula is C19H22Cl2N6O2. The molecule has 1 fully saturated rings. The topological polar surface area (TPSA) is 99.2 Å². The van der Waals surface area contributed by atoms with Crippen LogP contribution in [0.15, 0.2) is 30.6 Å². The van der Waals surface area contributed by atoms with Gasteiger partial charge in [-0.1, -0.05) is 23.2 Å². The Morgan fingerprint density at radius 1 is 1.14 bits per heavy atom. The van der Waals surface area contributed by atoms with Crippen molar-refractivity contribution in [3.63, 3.8) is 0 Å². The number of piperidine rings is 1. The average molecular weight is 437 g/mol. The van der Waals surface area contributed by atoms with Gasteiger partial charge in [0.05, 0.1) is 6.54 Å². The van der Waals surface area contributed by atoms with Crippen LogP contribution < -0.4 is 16.0 Å². The number of hydrogen-bond donors (Lipinski definition) is 3. The highest BCUT2D eigenvalue weighted by Crippen LogP contribution is 2.22. The predicted octanol–water partition coefficient (Wildman–Crippen LogP) is 3.26. The molecule has 0 saturated carbocycles. The Labute approximate surface area is 179 Å². The summed E-state index contributed by atoms with van der Waals surface area (Å²) in [6, 6.07) is 6.83. The van der Waals surface area contributed by atoms with Gasteiger partial charge in [-0.2, -0.15) is 0 Å². The number of carbonyl (C=O) groups is 2. The molecule has 0 spiro atoms. The first-order valence-corrected chi connectivity index (χ1v) is 9.98. The number of rotatable bonds is 6. The smallest absolute Gasteiger partial charge is 0.241 e. The summed E-state index contributed by atoms with van der Waals surface area (Å²) >= 11 is 12.0. The van der Waals surface area contributed by atoms with Gasteiger partial charge in [0.15, 0.2) is 0 Å². The molecule has 1 saturated heterocycles. The molecule has 1 atom stereocenters. The van der Waals surface area contributed by atoms with Crippen molar-refractivity contribution in [3.8, 4) is 0 Å². The minimum absolute atomic E-state index is 0.00535. The van der Waals surface area contributed by atoms with Crippen LogP contribution in [0, 0.1) is 0 Å². The van der Waals surface area contributed by atoms with Crippen molar-refractivity contribution in [3.05, 3.63) is 40.6 Å². The molecule has 1 aromatic carbocycles. The van der Waals surface area contributed by atoms with Crippen molar-refractivity contribution >= 4 is 52.3 Å². The van der Waals surface area contributed by atoms with E-state index in [-0.39, 0.29) is 24.4 Å². The zero-order chi connectivity index (χ0) is 20.8. The minimum atomic E-state index is -0.197. The molecule has 0 aliphatic carbocycles. The van der Waals surface area contributed by atoms with Crippen molar-refractivity contribution in [1.29, 1.82) is 0 Å². The number of halogens is 2. The molecule has 154 valence electrons. The Bertz CT molecular complexity index is 875. The molecule has 0 radical (unpaired) electrons. The van der Waals surface area contributed by atoms with Crippen molar-refractivity contribution in [2.75, 3.05) is 35.6 Å². The molecule has 2 amide bonds. The number of amides is 2. The number of anilines is 3. The van der Waals surface area contributed by atoms with E-state index in [0.717, 1.165) is 12.8 Å². The van der Waals surface area contributed by atoms with Crippen LogP contribution in [0.1, 0.15) is 19.8 Å². The van der Waals surface area contributed by atoms with Gasteiger partial charge < -0.3 is 20.9 Å². The zero-order valence-corrected chi connectivity index (χ0v) is 17.4. The molecule has 2 aromatic rings. The van der Waals surface area contributed by atoms with Crippen LogP contribution in [0.2, 0.25) is 10.0 Å². The lowest BCUT2D eigenvalue weighted by molar-refractivity contribution is -0.130. The number of nitrogens with one attached hydrogen (secondary N) is 3. The molecule has 29 heavy (non-hydrogen) atoms. The van der Waals surface area contributed by atoms with Gasteiger partial charge in [-0.3, -0.25) is 9.59 Å². The Balaban J connectivity index is 1.54. The second kappa shape index (κ2) is 9.76. The molecule has 2 heterocycles. The van der Waals surface area contributed by atoms with E-state index in [9.17, 15) is 9.59 Å². The maximum Gasteiger partial charge on any atom is 0.241 e. The van der Waals surface area contributed by atoms with Crippen LogP contribution in [0.4, 0.5) is 17.3 Å². The van der Waals surface area contributed by atoms with E-state index in [0.29, 0.717) is 40.5 Å². The van der Waals surface area contributed by atoms with Gasteiger partial charge in [-0.15, -0.1) is 0 Å². The van der Waals surface area contributed by atoms with Gasteiger partial charge in [-0.05, 0) is 31.0 Å². The highest BCUT2D eigenvalue weighted by molar-refractivity contribution is 6.35. The second-order valence-corrected chi connectivity index (χ2v) is 7.68. The number of likely N-dealkylation sites (tertiary alicyclic amines) is 1. The van der Waals surface area contributed by atoms with E-state index in [1.807, 2.05) is 4.90 Å². The SMILES string of the molecule is CC(=O)Nc1cc(N[C@H]2CCCN(C(=O)CNc3cc(Cl)cc(Cl)c3)C2)ncn1. The van der Waals surface area contributed by atoms with E-state index >= 15 is 0 Å². The average Bonchev–Trinajstić information content (AvgIpc) is 2.65. The molecular weight excluding hydrogens is 415 g/mol. The fourth-order valence-corrected chi connectivity index (χ4v) is 3.69. The molecule has 0 unspecified atom stereocenters. The quantitative estimate of drug-likeness (QED) is 0.642. The molecule has 3 N–H and O–H groups in total. The van der Waals surface area contributed by atoms with Crippen molar-refractivity contribution in [2.45, 2.75) is 25.8 Å². The molecule has 8 nitrogen and oxygen atoms in total. The summed E-state index contributed by atoms with van der Waals surface area (Å²) in [5, 5.41) is 10.0.